The van der Waals surface area contributed by atoms with Crippen LogP contribution in [0.25, 0.3) is 5.69 Å². The summed E-state index contributed by atoms with van der Waals surface area (Å²) < 4.78 is 2.01. The van der Waals surface area contributed by atoms with E-state index in [0.717, 1.165) is 41.3 Å². The summed E-state index contributed by atoms with van der Waals surface area (Å²) in [6, 6.07) is 5.99. The van der Waals surface area contributed by atoms with E-state index in [2.05, 4.69) is 34.1 Å². The summed E-state index contributed by atoms with van der Waals surface area (Å²) in [4.78, 5) is 23.8. The first-order chi connectivity index (χ1) is 11.6. The zero-order valence-electron chi connectivity index (χ0n) is 13.9. The van der Waals surface area contributed by atoms with Crippen molar-refractivity contribution >= 4 is 11.6 Å². The molecule has 124 valence electrons. The summed E-state index contributed by atoms with van der Waals surface area (Å²) in [5.74, 6) is 1.01. The van der Waals surface area contributed by atoms with Crippen LogP contribution in [0.5, 0.6) is 0 Å². The molecule has 1 aromatic heterocycles. The normalized spacial score (nSPS) is 20.4. The average Bonchev–Trinajstić information content (AvgIpc) is 3.01. The Kier molecular flexibility index (Phi) is 3.59. The van der Waals surface area contributed by atoms with Crippen molar-refractivity contribution in [1.82, 2.24) is 14.5 Å². The quantitative estimate of drug-likeness (QED) is 0.850. The molecule has 0 N–H and O–H groups in total. The van der Waals surface area contributed by atoms with E-state index in [1.807, 2.05) is 30.1 Å². The van der Waals surface area contributed by atoms with Crippen LogP contribution in [0.2, 0.25) is 0 Å². The minimum Gasteiger partial charge on any atom is -0.391 e. The van der Waals surface area contributed by atoms with Gasteiger partial charge in [-0.3, -0.25) is 4.79 Å². The molecule has 0 saturated carbocycles. The number of aryl methyl sites for hydroxylation is 2. The van der Waals surface area contributed by atoms with Crippen molar-refractivity contribution in [3.05, 3.63) is 47.5 Å². The predicted molar refractivity (Wildman–Crippen MR) is 90.3 cm³/mol. The molecule has 4 rings (SSSR count). The standard InChI is InChI=1S/C18H20N4O2/c1-12-8-14(5-6-15(12)21-9-13(2)19-11-21)18-20-24-10-16-17(23)4-3-7-22(16)18/h5-6,8-9,11,16H,3-4,7,10H2,1-2H3/t16-/m0/s1. The molecular formula is C18H20N4O2. The van der Waals surface area contributed by atoms with Gasteiger partial charge >= 0.3 is 0 Å². The third-order valence-electron chi connectivity index (χ3n) is 4.67. The summed E-state index contributed by atoms with van der Waals surface area (Å²) in [5.41, 5.74) is 4.17. The van der Waals surface area contributed by atoms with Gasteiger partial charge < -0.3 is 14.3 Å². The van der Waals surface area contributed by atoms with Crippen molar-refractivity contribution in [2.75, 3.05) is 13.2 Å². The van der Waals surface area contributed by atoms with Crippen LogP contribution >= 0.6 is 0 Å². The average molecular weight is 324 g/mol. The van der Waals surface area contributed by atoms with Crippen LogP contribution in [0.1, 0.15) is 29.7 Å². The Morgan fingerprint density at radius 2 is 2.17 bits per heavy atom. The molecule has 1 atom stereocenters. The molecule has 0 spiro atoms. The molecule has 0 radical (unpaired) electrons. The SMILES string of the molecule is Cc1cn(-c2ccc(C3=NOC[C@H]4C(=O)CCCN34)cc2C)cn1. The Morgan fingerprint density at radius 3 is 2.92 bits per heavy atom. The lowest BCUT2D eigenvalue weighted by molar-refractivity contribution is -0.128. The fourth-order valence-electron chi connectivity index (χ4n) is 3.43. The largest absolute Gasteiger partial charge is 0.391 e. The van der Waals surface area contributed by atoms with Crippen molar-refractivity contribution in [2.24, 2.45) is 5.16 Å². The van der Waals surface area contributed by atoms with E-state index in [-0.39, 0.29) is 11.8 Å². The van der Waals surface area contributed by atoms with Crippen molar-refractivity contribution in [1.29, 1.82) is 0 Å². The summed E-state index contributed by atoms with van der Waals surface area (Å²) >= 11 is 0. The van der Waals surface area contributed by atoms with Crippen molar-refractivity contribution in [3.63, 3.8) is 0 Å². The number of piperidine rings is 1. The molecule has 3 heterocycles. The molecule has 1 saturated heterocycles. The minimum atomic E-state index is -0.192. The fraction of sp³-hybridized carbons (Fsp3) is 0.389. The smallest absolute Gasteiger partial charge is 0.176 e. The Labute approximate surface area is 140 Å². The highest BCUT2D eigenvalue weighted by Gasteiger charge is 2.35. The van der Waals surface area contributed by atoms with Crippen LogP contribution in [0.3, 0.4) is 0 Å². The molecule has 24 heavy (non-hydrogen) atoms. The van der Waals surface area contributed by atoms with Crippen LogP contribution in [0.15, 0.2) is 35.9 Å². The third kappa shape index (κ3) is 2.48. The maximum Gasteiger partial charge on any atom is 0.176 e. The number of hydrogen-bond acceptors (Lipinski definition) is 5. The predicted octanol–water partition coefficient (Wildman–Crippen LogP) is 2.21. The van der Waals surface area contributed by atoms with Crippen LogP contribution in [-0.2, 0) is 9.63 Å². The van der Waals surface area contributed by atoms with Gasteiger partial charge in [-0.05, 0) is 44.0 Å². The summed E-state index contributed by atoms with van der Waals surface area (Å²) in [6.45, 7) is 5.24. The molecule has 2 aromatic rings. The molecule has 0 unspecified atom stereocenters. The first-order valence-corrected chi connectivity index (χ1v) is 8.25. The molecule has 0 bridgehead atoms. The first-order valence-electron chi connectivity index (χ1n) is 8.25. The molecule has 6 heteroatoms. The number of imidazole rings is 1. The van der Waals surface area contributed by atoms with Gasteiger partial charge in [0.25, 0.3) is 0 Å². The lowest BCUT2D eigenvalue weighted by Gasteiger charge is -2.38. The van der Waals surface area contributed by atoms with Gasteiger partial charge in [0, 0.05) is 30.4 Å². The first kappa shape index (κ1) is 14.9. The van der Waals surface area contributed by atoms with E-state index in [0.29, 0.717) is 13.0 Å². The number of nitrogens with zero attached hydrogens (tertiary/aromatic N) is 4. The van der Waals surface area contributed by atoms with Crippen LogP contribution in [-0.4, -0.2) is 45.3 Å². The second-order valence-electron chi connectivity index (χ2n) is 6.41. The molecule has 0 amide bonds. The van der Waals surface area contributed by atoms with Gasteiger partial charge in [-0.25, -0.2) is 4.98 Å². The lowest BCUT2D eigenvalue weighted by atomic mass is 9.98. The zero-order chi connectivity index (χ0) is 16.7. The topological polar surface area (TPSA) is 59.7 Å². The van der Waals surface area contributed by atoms with Gasteiger partial charge in [0.15, 0.2) is 11.6 Å². The number of hydrogen-bond donors (Lipinski definition) is 0. The highest BCUT2D eigenvalue weighted by atomic mass is 16.6. The van der Waals surface area contributed by atoms with Crippen molar-refractivity contribution in [2.45, 2.75) is 32.7 Å². The summed E-state index contributed by atoms with van der Waals surface area (Å²) in [7, 11) is 0. The van der Waals surface area contributed by atoms with E-state index in [4.69, 9.17) is 4.84 Å². The van der Waals surface area contributed by atoms with Gasteiger partial charge in [0.05, 0.1) is 12.0 Å². The van der Waals surface area contributed by atoms with E-state index in [1.54, 1.807) is 0 Å². The zero-order valence-corrected chi connectivity index (χ0v) is 13.9. The number of carbonyl (C=O) groups excluding carboxylic acids is 1. The number of oxime groups is 1. The monoisotopic (exact) mass is 324 g/mol. The van der Waals surface area contributed by atoms with Crippen LogP contribution in [0.4, 0.5) is 0 Å². The maximum atomic E-state index is 12.1. The number of carbonyl (C=O) groups is 1. The second kappa shape index (κ2) is 5.78. The number of benzene rings is 1. The summed E-state index contributed by atoms with van der Waals surface area (Å²) in [5, 5.41) is 4.24. The Balaban J connectivity index is 1.68. The lowest BCUT2D eigenvalue weighted by Crippen LogP contribution is -2.53. The fourth-order valence-corrected chi connectivity index (χ4v) is 3.43. The maximum absolute atomic E-state index is 12.1. The van der Waals surface area contributed by atoms with Crippen molar-refractivity contribution in [3.8, 4) is 5.69 Å². The second-order valence-corrected chi connectivity index (χ2v) is 6.41. The number of aromatic nitrogens is 2. The molecule has 2 aliphatic rings. The van der Waals surface area contributed by atoms with Gasteiger partial charge in [-0.2, -0.15) is 0 Å². The Bertz CT molecular complexity index is 824. The highest BCUT2D eigenvalue weighted by molar-refractivity contribution is 6.02. The number of rotatable bonds is 2. The molecular weight excluding hydrogens is 304 g/mol. The molecule has 6 nitrogen and oxygen atoms in total. The van der Waals surface area contributed by atoms with Gasteiger partial charge in [0.2, 0.25) is 0 Å². The highest BCUT2D eigenvalue weighted by Crippen LogP contribution is 2.24. The van der Waals surface area contributed by atoms with Gasteiger partial charge in [-0.1, -0.05) is 5.16 Å². The number of fused-ring (bicyclic) bond motifs is 1. The van der Waals surface area contributed by atoms with Gasteiger partial charge in [0.1, 0.15) is 12.6 Å². The third-order valence-corrected chi connectivity index (χ3v) is 4.67. The van der Waals surface area contributed by atoms with E-state index >= 15 is 0 Å². The van der Waals surface area contributed by atoms with Gasteiger partial charge in [-0.15, -0.1) is 0 Å². The number of Topliss-reactive ketones (excluding diaryl/α,β-unsaturated/α-hetero) is 1. The number of amidine groups is 1. The van der Waals surface area contributed by atoms with Crippen LogP contribution in [0, 0.1) is 13.8 Å². The number of ketones is 1. The van der Waals surface area contributed by atoms with E-state index in [1.165, 1.54) is 0 Å². The molecule has 2 aliphatic heterocycles. The van der Waals surface area contributed by atoms with Crippen molar-refractivity contribution < 1.29 is 9.63 Å². The van der Waals surface area contributed by atoms with Crippen LogP contribution < -0.4 is 0 Å². The van der Waals surface area contributed by atoms with E-state index < -0.39 is 0 Å². The minimum absolute atomic E-state index is 0.192. The van der Waals surface area contributed by atoms with E-state index in [9.17, 15) is 4.79 Å². The molecule has 0 aliphatic carbocycles. The Hall–Kier alpha value is -2.63. The molecule has 1 aromatic carbocycles. The summed E-state index contributed by atoms with van der Waals surface area (Å²) in [6.07, 6.45) is 5.33. The Morgan fingerprint density at radius 1 is 1.29 bits per heavy atom. The molecule has 1 fully saturated rings.